The van der Waals surface area contributed by atoms with Crippen LogP contribution >= 0.6 is 0 Å². The average Bonchev–Trinajstić information content (AvgIpc) is 3.18. The van der Waals surface area contributed by atoms with Crippen molar-refractivity contribution in [2.75, 3.05) is 0 Å². The van der Waals surface area contributed by atoms with Gasteiger partial charge in [-0.3, -0.25) is 9.98 Å². The first-order chi connectivity index (χ1) is 25.1. The van der Waals surface area contributed by atoms with Crippen molar-refractivity contribution in [3.63, 3.8) is 0 Å². The van der Waals surface area contributed by atoms with E-state index in [0.29, 0.717) is 0 Å². The number of hydrogen-bond donors (Lipinski definition) is 0. The fourth-order valence-corrected chi connectivity index (χ4v) is 7.43. The Hall–Kier alpha value is -5.34. The lowest BCUT2D eigenvalue weighted by Gasteiger charge is -2.24. The second kappa shape index (κ2) is 16.3. The van der Waals surface area contributed by atoms with Crippen LogP contribution in [0, 0.1) is 13.8 Å². The van der Waals surface area contributed by atoms with Crippen LogP contribution in [0.25, 0.3) is 0 Å². The highest BCUT2D eigenvalue weighted by Crippen LogP contribution is 2.43. The molecule has 0 spiro atoms. The topological polar surface area (TPSA) is 24.7 Å². The zero-order valence-corrected chi connectivity index (χ0v) is 32.1. The van der Waals surface area contributed by atoms with Crippen LogP contribution in [-0.2, 0) is 0 Å². The lowest BCUT2D eigenvalue weighted by molar-refractivity contribution is 0.882. The standard InChI is InChI=1S/C50H52N2/c1-33-29-45(35(3)41-21-13-9-14-22-41)49(46(30-33)36(4)42-23-15-10-16-24-42)51-39(7)40(8)52-50-47(37(5)43-25-17-11-18-26-43)31-34(2)32-48(50)38(6)44-27-19-12-20-28-44/h9-32,35-38H,1-8H3/t35-,36-,37-,38-/m1/s1. The van der Waals surface area contributed by atoms with Gasteiger partial charge in [0.05, 0.1) is 22.8 Å². The Kier molecular flexibility index (Phi) is 11.5. The van der Waals surface area contributed by atoms with Crippen LogP contribution in [0.15, 0.2) is 156 Å². The third-order valence-electron chi connectivity index (χ3n) is 10.8. The Morgan fingerprint density at radius 2 is 0.577 bits per heavy atom. The summed E-state index contributed by atoms with van der Waals surface area (Å²) >= 11 is 0. The van der Waals surface area contributed by atoms with Crippen LogP contribution in [0.5, 0.6) is 0 Å². The van der Waals surface area contributed by atoms with E-state index in [0.717, 1.165) is 22.8 Å². The highest BCUT2D eigenvalue weighted by Gasteiger charge is 2.23. The first-order valence-corrected chi connectivity index (χ1v) is 18.7. The first kappa shape index (κ1) is 36.5. The van der Waals surface area contributed by atoms with E-state index in [1.54, 1.807) is 0 Å². The van der Waals surface area contributed by atoms with E-state index >= 15 is 0 Å². The predicted octanol–water partition coefficient (Wildman–Crippen LogP) is 13.8. The summed E-state index contributed by atoms with van der Waals surface area (Å²) in [5.74, 6) is 0.668. The lowest BCUT2D eigenvalue weighted by Crippen LogP contribution is -2.10. The van der Waals surface area contributed by atoms with Gasteiger partial charge in [0.2, 0.25) is 0 Å². The Morgan fingerprint density at radius 3 is 0.788 bits per heavy atom. The summed E-state index contributed by atoms with van der Waals surface area (Å²) in [7, 11) is 0. The molecular weight excluding hydrogens is 629 g/mol. The van der Waals surface area contributed by atoms with Crippen LogP contribution in [0.3, 0.4) is 0 Å². The van der Waals surface area contributed by atoms with Crippen molar-refractivity contribution in [1.82, 2.24) is 0 Å². The molecule has 0 aliphatic rings. The van der Waals surface area contributed by atoms with E-state index in [2.05, 4.69) is 201 Å². The fourth-order valence-electron chi connectivity index (χ4n) is 7.43. The molecular formula is C50H52N2. The van der Waals surface area contributed by atoms with Crippen molar-refractivity contribution in [3.05, 3.63) is 201 Å². The van der Waals surface area contributed by atoms with Gasteiger partial charge in [-0.05, 0) is 72.2 Å². The molecule has 2 nitrogen and oxygen atoms in total. The van der Waals surface area contributed by atoms with Crippen LogP contribution in [-0.4, -0.2) is 11.4 Å². The molecule has 2 heteroatoms. The number of aliphatic imine (C=N–C) groups is 2. The molecule has 0 heterocycles. The van der Waals surface area contributed by atoms with Gasteiger partial charge in [-0.1, -0.05) is 184 Å². The van der Waals surface area contributed by atoms with Gasteiger partial charge in [-0.15, -0.1) is 0 Å². The number of rotatable bonds is 11. The molecule has 0 aliphatic carbocycles. The van der Waals surface area contributed by atoms with E-state index in [1.165, 1.54) is 55.6 Å². The van der Waals surface area contributed by atoms with Gasteiger partial charge in [0.1, 0.15) is 0 Å². The maximum Gasteiger partial charge on any atom is 0.0709 e. The summed E-state index contributed by atoms with van der Waals surface area (Å²) in [4.78, 5) is 11.1. The molecule has 0 saturated carbocycles. The fraction of sp³-hybridized carbons (Fsp3) is 0.240. The molecule has 52 heavy (non-hydrogen) atoms. The van der Waals surface area contributed by atoms with Gasteiger partial charge in [0, 0.05) is 23.7 Å². The van der Waals surface area contributed by atoms with Crippen LogP contribution in [0.2, 0.25) is 0 Å². The molecule has 262 valence electrons. The van der Waals surface area contributed by atoms with Crippen molar-refractivity contribution >= 4 is 22.8 Å². The highest BCUT2D eigenvalue weighted by atomic mass is 14.8. The summed E-state index contributed by atoms with van der Waals surface area (Å²) in [6.07, 6.45) is 0. The number of nitrogens with zero attached hydrogens (tertiary/aromatic N) is 2. The summed E-state index contributed by atoms with van der Waals surface area (Å²) in [6, 6.07) is 52.5. The van der Waals surface area contributed by atoms with Gasteiger partial charge in [-0.25, -0.2) is 0 Å². The molecule has 0 bridgehead atoms. The largest absolute Gasteiger partial charge is 0.251 e. The highest BCUT2D eigenvalue weighted by molar-refractivity contribution is 6.41. The normalized spacial score (nSPS) is 14.5. The zero-order chi connectivity index (χ0) is 36.8. The van der Waals surface area contributed by atoms with Gasteiger partial charge in [-0.2, -0.15) is 0 Å². The smallest absolute Gasteiger partial charge is 0.0709 e. The Morgan fingerprint density at radius 1 is 0.365 bits per heavy atom. The van der Waals surface area contributed by atoms with Crippen LogP contribution < -0.4 is 0 Å². The molecule has 0 aliphatic heterocycles. The van der Waals surface area contributed by atoms with Crippen molar-refractivity contribution < 1.29 is 0 Å². The molecule has 6 aromatic rings. The van der Waals surface area contributed by atoms with Crippen molar-refractivity contribution in [3.8, 4) is 0 Å². The summed E-state index contributed by atoms with van der Waals surface area (Å²) in [5.41, 5.74) is 16.5. The third kappa shape index (κ3) is 8.08. The van der Waals surface area contributed by atoms with Gasteiger partial charge in [0.25, 0.3) is 0 Å². The molecule has 6 rings (SSSR count). The second-order valence-electron chi connectivity index (χ2n) is 14.5. The minimum Gasteiger partial charge on any atom is -0.251 e. The maximum absolute atomic E-state index is 5.56. The number of hydrogen-bond acceptors (Lipinski definition) is 2. The minimum absolute atomic E-state index is 0.167. The Bertz CT molecular complexity index is 1870. The monoisotopic (exact) mass is 680 g/mol. The number of benzene rings is 6. The second-order valence-corrected chi connectivity index (χ2v) is 14.5. The van der Waals surface area contributed by atoms with E-state index < -0.39 is 0 Å². The molecule has 0 N–H and O–H groups in total. The van der Waals surface area contributed by atoms with Gasteiger partial charge < -0.3 is 0 Å². The molecule has 0 radical (unpaired) electrons. The van der Waals surface area contributed by atoms with E-state index in [9.17, 15) is 0 Å². The summed E-state index contributed by atoms with van der Waals surface area (Å²) < 4.78 is 0. The predicted molar refractivity (Wildman–Crippen MR) is 224 cm³/mol. The lowest BCUT2D eigenvalue weighted by atomic mass is 9.84. The van der Waals surface area contributed by atoms with Gasteiger partial charge >= 0.3 is 0 Å². The summed E-state index contributed by atoms with van der Waals surface area (Å²) in [5, 5.41) is 0. The van der Waals surface area contributed by atoms with Crippen molar-refractivity contribution in [1.29, 1.82) is 0 Å². The third-order valence-corrected chi connectivity index (χ3v) is 10.8. The molecule has 0 aromatic heterocycles. The molecule has 6 aromatic carbocycles. The average molecular weight is 681 g/mol. The van der Waals surface area contributed by atoms with Crippen LogP contribution in [0.1, 0.15) is 121 Å². The number of aryl methyl sites for hydroxylation is 2. The Balaban J connectivity index is 1.54. The van der Waals surface area contributed by atoms with Gasteiger partial charge in [0.15, 0.2) is 0 Å². The van der Waals surface area contributed by atoms with Crippen molar-refractivity contribution in [2.24, 2.45) is 9.98 Å². The van der Waals surface area contributed by atoms with E-state index in [-0.39, 0.29) is 23.7 Å². The van der Waals surface area contributed by atoms with Crippen LogP contribution in [0.4, 0.5) is 11.4 Å². The molecule has 4 atom stereocenters. The minimum atomic E-state index is 0.167. The van der Waals surface area contributed by atoms with Crippen molar-refractivity contribution in [2.45, 2.75) is 79.1 Å². The van der Waals surface area contributed by atoms with E-state index in [1.807, 2.05) is 0 Å². The molecule has 0 fully saturated rings. The first-order valence-electron chi connectivity index (χ1n) is 18.7. The molecule has 0 saturated heterocycles. The van der Waals surface area contributed by atoms with E-state index in [4.69, 9.17) is 9.98 Å². The maximum atomic E-state index is 5.56. The zero-order valence-electron chi connectivity index (χ0n) is 32.1. The molecule has 0 amide bonds. The molecule has 0 unspecified atom stereocenters. The Labute approximate surface area is 312 Å². The summed E-state index contributed by atoms with van der Waals surface area (Å²) in [6.45, 7) is 17.9. The quantitative estimate of drug-likeness (QED) is 0.122. The SMILES string of the molecule is CC(=Nc1c([C@H](C)c2ccccc2)cc(C)cc1[C@H](C)c1ccccc1)C(C)=Nc1c([C@H](C)c2ccccc2)cc(C)cc1[C@H](C)c1ccccc1.